The first-order chi connectivity index (χ1) is 7.16. The minimum atomic E-state index is -0.988. The number of methoxy groups -OCH3 is 1. The molecule has 4 N–H and O–H groups in total. The van der Waals surface area contributed by atoms with E-state index in [-0.39, 0.29) is 0 Å². The van der Waals surface area contributed by atoms with Crippen LogP contribution in [0.2, 0.25) is 0 Å². The lowest BCUT2D eigenvalue weighted by Gasteiger charge is -2.10. The highest BCUT2D eigenvalue weighted by molar-refractivity contribution is 5.64. The maximum Gasteiger partial charge on any atom is 0.404 e. The zero-order chi connectivity index (χ0) is 11.5. The highest BCUT2D eigenvalue weighted by Gasteiger charge is 2.01. The standard InChI is InChI=1S/C9H20N2O4/c1-15-7-8(12)6-10-4-2-3-5-11-9(13)14/h8,10-12H,2-7H2,1H3,(H,13,14)/t8-/m1/s1. The molecule has 0 saturated carbocycles. The lowest BCUT2D eigenvalue weighted by molar-refractivity contribution is 0.0646. The predicted molar refractivity (Wildman–Crippen MR) is 56.0 cm³/mol. The summed E-state index contributed by atoms with van der Waals surface area (Å²) in [6.07, 6.45) is 0.199. The molecule has 0 spiro atoms. The van der Waals surface area contributed by atoms with Crippen LogP contribution in [0.4, 0.5) is 4.79 Å². The Morgan fingerprint density at radius 3 is 2.67 bits per heavy atom. The van der Waals surface area contributed by atoms with Crippen molar-refractivity contribution in [2.75, 3.05) is 33.4 Å². The molecule has 0 aromatic heterocycles. The number of aliphatic hydroxyl groups excluding tert-OH is 1. The number of nitrogens with one attached hydrogen (secondary N) is 2. The molecule has 0 unspecified atom stereocenters. The molecule has 0 aliphatic rings. The van der Waals surface area contributed by atoms with Crippen molar-refractivity contribution in [3.63, 3.8) is 0 Å². The molecule has 0 heterocycles. The average Bonchev–Trinajstić information content (AvgIpc) is 2.16. The monoisotopic (exact) mass is 220 g/mol. The van der Waals surface area contributed by atoms with Gasteiger partial charge in [0.1, 0.15) is 0 Å². The Morgan fingerprint density at radius 1 is 1.40 bits per heavy atom. The lowest BCUT2D eigenvalue weighted by atomic mass is 10.3. The van der Waals surface area contributed by atoms with Crippen molar-refractivity contribution in [3.8, 4) is 0 Å². The highest BCUT2D eigenvalue weighted by atomic mass is 16.5. The van der Waals surface area contributed by atoms with E-state index in [0.29, 0.717) is 19.7 Å². The molecule has 0 aromatic carbocycles. The van der Waals surface area contributed by atoms with Crippen LogP contribution in [0, 0.1) is 0 Å². The molecule has 0 aliphatic carbocycles. The molecular weight excluding hydrogens is 200 g/mol. The molecule has 6 nitrogen and oxygen atoms in total. The van der Waals surface area contributed by atoms with Crippen molar-refractivity contribution < 1.29 is 19.7 Å². The van der Waals surface area contributed by atoms with E-state index in [1.807, 2.05) is 0 Å². The van der Waals surface area contributed by atoms with Crippen LogP contribution in [0.25, 0.3) is 0 Å². The quantitative estimate of drug-likeness (QED) is 0.398. The van der Waals surface area contributed by atoms with Crippen molar-refractivity contribution in [2.24, 2.45) is 0 Å². The lowest BCUT2D eigenvalue weighted by Crippen LogP contribution is -2.31. The fourth-order valence-corrected chi connectivity index (χ4v) is 1.09. The number of hydrogen-bond acceptors (Lipinski definition) is 4. The van der Waals surface area contributed by atoms with Gasteiger partial charge in [0.2, 0.25) is 0 Å². The van der Waals surface area contributed by atoms with Crippen LogP contribution in [0.3, 0.4) is 0 Å². The summed E-state index contributed by atoms with van der Waals surface area (Å²) in [5, 5.41) is 22.9. The second-order valence-electron chi connectivity index (χ2n) is 3.25. The summed E-state index contributed by atoms with van der Waals surface area (Å²) in [7, 11) is 1.54. The van der Waals surface area contributed by atoms with Crippen LogP contribution in [0.15, 0.2) is 0 Å². The SMILES string of the molecule is COC[C@H](O)CNCCCCNC(=O)O. The Kier molecular flexibility index (Phi) is 9.15. The number of unbranched alkanes of at least 4 members (excludes halogenated alkanes) is 1. The Balaban J connectivity index is 3.07. The van der Waals surface area contributed by atoms with E-state index in [1.165, 1.54) is 0 Å². The molecule has 15 heavy (non-hydrogen) atoms. The van der Waals surface area contributed by atoms with Crippen molar-refractivity contribution in [1.82, 2.24) is 10.6 Å². The number of rotatable bonds is 9. The Morgan fingerprint density at radius 2 is 2.07 bits per heavy atom. The van der Waals surface area contributed by atoms with Gasteiger partial charge >= 0.3 is 6.09 Å². The molecule has 0 radical (unpaired) electrons. The Bertz CT molecular complexity index is 166. The van der Waals surface area contributed by atoms with Gasteiger partial charge in [-0.1, -0.05) is 0 Å². The summed E-state index contributed by atoms with van der Waals surface area (Å²) < 4.78 is 4.76. The molecule has 0 fully saturated rings. The van der Waals surface area contributed by atoms with E-state index in [4.69, 9.17) is 9.84 Å². The summed E-state index contributed by atoms with van der Waals surface area (Å²) in [5.74, 6) is 0. The third-order valence-corrected chi connectivity index (χ3v) is 1.80. The van der Waals surface area contributed by atoms with Crippen LogP contribution in [-0.4, -0.2) is 55.8 Å². The zero-order valence-electron chi connectivity index (χ0n) is 9.03. The van der Waals surface area contributed by atoms with Crippen molar-refractivity contribution in [2.45, 2.75) is 18.9 Å². The smallest absolute Gasteiger partial charge is 0.404 e. The molecule has 1 amide bonds. The second-order valence-corrected chi connectivity index (χ2v) is 3.25. The fourth-order valence-electron chi connectivity index (χ4n) is 1.09. The van der Waals surface area contributed by atoms with Gasteiger partial charge in [-0.15, -0.1) is 0 Å². The van der Waals surface area contributed by atoms with Gasteiger partial charge in [-0.25, -0.2) is 4.79 Å². The first-order valence-electron chi connectivity index (χ1n) is 5.01. The molecule has 1 atom stereocenters. The van der Waals surface area contributed by atoms with Crippen LogP contribution in [0.5, 0.6) is 0 Å². The minimum Gasteiger partial charge on any atom is -0.465 e. The Labute approximate surface area is 89.6 Å². The van der Waals surface area contributed by atoms with E-state index < -0.39 is 12.2 Å². The minimum absolute atomic E-state index is 0.327. The number of aliphatic hydroxyl groups is 1. The number of carbonyl (C=O) groups is 1. The maximum absolute atomic E-state index is 10.1. The van der Waals surface area contributed by atoms with E-state index in [9.17, 15) is 9.90 Å². The first-order valence-corrected chi connectivity index (χ1v) is 5.01. The van der Waals surface area contributed by atoms with E-state index >= 15 is 0 Å². The van der Waals surface area contributed by atoms with Gasteiger partial charge in [-0.05, 0) is 19.4 Å². The predicted octanol–water partition coefficient (Wildman–Crippen LogP) is -0.369. The number of carboxylic acid groups (broad SMARTS) is 1. The van der Waals surface area contributed by atoms with Crippen molar-refractivity contribution >= 4 is 6.09 Å². The van der Waals surface area contributed by atoms with Gasteiger partial charge in [0, 0.05) is 20.2 Å². The van der Waals surface area contributed by atoms with Crippen molar-refractivity contribution in [3.05, 3.63) is 0 Å². The zero-order valence-corrected chi connectivity index (χ0v) is 9.03. The second kappa shape index (κ2) is 9.70. The average molecular weight is 220 g/mol. The number of ether oxygens (including phenoxy) is 1. The molecule has 0 bridgehead atoms. The fraction of sp³-hybridized carbons (Fsp3) is 0.889. The van der Waals surface area contributed by atoms with E-state index in [1.54, 1.807) is 7.11 Å². The topological polar surface area (TPSA) is 90.8 Å². The van der Waals surface area contributed by atoms with E-state index in [2.05, 4.69) is 10.6 Å². The molecule has 0 rings (SSSR count). The number of amides is 1. The summed E-state index contributed by atoms with van der Waals surface area (Å²) in [4.78, 5) is 10.1. The van der Waals surface area contributed by atoms with Gasteiger partial charge in [0.25, 0.3) is 0 Å². The summed E-state index contributed by atoms with van der Waals surface area (Å²) in [5.41, 5.74) is 0. The van der Waals surface area contributed by atoms with Crippen LogP contribution in [-0.2, 0) is 4.74 Å². The van der Waals surface area contributed by atoms with E-state index in [0.717, 1.165) is 19.4 Å². The molecule has 0 saturated heterocycles. The maximum atomic E-state index is 10.1. The van der Waals surface area contributed by atoms with Crippen LogP contribution >= 0.6 is 0 Å². The molecule has 90 valence electrons. The summed E-state index contributed by atoms with van der Waals surface area (Å²) >= 11 is 0. The molecule has 0 aliphatic heterocycles. The molecular formula is C9H20N2O4. The number of hydrogen-bond donors (Lipinski definition) is 4. The third kappa shape index (κ3) is 11.1. The van der Waals surface area contributed by atoms with Gasteiger partial charge in [0.05, 0.1) is 12.7 Å². The largest absolute Gasteiger partial charge is 0.465 e. The highest BCUT2D eigenvalue weighted by Crippen LogP contribution is 1.86. The Hall–Kier alpha value is -0.850. The normalized spacial score (nSPS) is 12.4. The third-order valence-electron chi connectivity index (χ3n) is 1.80. The van der Waals surface area contributed by atoms with Gasteiger partial charge in [0.15, 0.2) is 0 Å². The van der Waals surface area contributed by atoms with Crippen molar-refractivity contribution in [1.29, 1.82) is 0 Å². The summed E-state index contributed by atoms with van der Waals surface area (Å²) in [6, 6.07) is 0. The van der Waals surface area contributed by atoms with Gasteiger partial charge in [-0.2, -0.15) is 0 Å². The van der Waals surface area contributed by atoms with Crippen LogP contribution < -0.4 is 10.6 Å². The first kappa shape index (κ1) is 14.2. The molecule has 6 heteroatoms. The molecule has 0 aromatic rings. The van der Waals surface area contributed by atoms with Crippen LogP contribution in [0.1, 0.15) is 12.8 Å². The summed E-state index contributed by atoms with van der Waals surface area (Å²) in [6.45, 7) is 2.06. The van der Waals surface area contributed by atoms with Gasteiger partial charge in [-0.3, -0.25) is 0 Å². The van der Waals surface area contributed by atoms with Gasteiger partial charge < -0.3 is 25.6 Å².